The first-order valence-corrected chi connectivity index (χ1v) is 8.26. The molecule has 0 radical (unpaired) electrons. The fraction of sp³-hybridized carbons (Fsp3) is 0.143. The van der Waals surface area contributed by atoms with Crippen LogP contribution in [-0.2, 0) is 21.4 Å². The molecule has 0 spiro atoms. The molecule has 0 saturated carbocycles. The van der Waals surface area contributed by atoms with Crippen LogP contribution in [0.3, 0.4) is 0 Å². The molecule has 0 atom stereocenters. The summed E-state index contributed by atoms with van der Waals surface area (Å²) in [5.41, 5.74) is 1.14. The van der Waals surface area contributed by atoms with Crippen LogP contribution < -0.4 is 4.72 Å². The summed E-state index contributed by atoms with van der Waals surface area (Å²) in [6.07, 6.45) is 0. The highest BCUT2D eigenvalue weighted by atomic mass is 79.9. The van der Waals surface area contributed by atoms with Gasteiger partial charge >= 0.3 is 0 Å². The number of hydrogen-bond donors (Lipinski definition) is 1. The van der Waals surface area contributed by atoms with Crippen LogP contribution in [0.1, 0.15) is 5.56 Å². The van der Waals surface area contributed by atoms with Gasteiger partial charge in [0.25, 0.3) is 10.0 Å². The van der Waals surface area contributed by atoms with Gasteiger partial charge in [0, 0.05) is 17.1 Å². The number of benzene rings is 2. The first kappa shape index (κ1) is 15.9. The molecule has 0 unspecified atom stereocenters. The number of hydrogen-bond acceptors (Lipinski definition) is 3. The van der Waals surface area contributed by atoms with Crippen molar-refractivity contribution < 1.29 is 17.5 Å². The Morgan fingerprint density at radius 2 is 1.95 bits per heavy atom. The summed E-state index contributed by atoms with van der Waals surface area (Å²) in [4.78, 5) is -0.0314. The highest BCUT2D eigenvalue weighted by Gasteiger charge is 2.19. The van der Waals surface area contributed by atoms with E-state index in [4.69, 9.17) is 4.74 Å². The van der Waals surface area contributed by atoms with E-state index < -0.39 is 15.8 Å². The topological polar surface area (TPSA) is 55.4 Å². The molecular formula is C14H13BrFNO3S. The summed E-state index contributed by atoms with van der Waals surface area (Å²) in [6.45, 7) is 0.281. The number of sulfonamides is 1. The minimum absolute atomic E-state index is 0.0314. The predicted octanol–water partition coefficient (Wildman–Crippen LogP) is 3.54. The average molecular weight is 374 g/mol. The van der Waals surface area contributed by atoms with Crippen LogP contribution in [0, 0.1) is 5.82 Å². The Balaban J connectivity index is 2.38. The van der Waals surface area contributed by atoms with Crippen molar-refractivity contribution in [2.24, 2.45) is 0 Å². The van der Waals surface area contributed by atoms with Crippen LogP contribution in [0.25, 0.3) is 0 Å². The van der Waals surface area contributed by atoms with Gasteiger partial charge in [0.1, 0.15) is 10.7 Å². The zero-order valence-corrected chi connectivity index (χ0v) is 13.5. The number of halogens is 2. The van der Waals surface area contributed by atoms with E-state index in [2.05, 4.69) is 20.7 Å². The van der Waals surface area contributed by atoms with Gasteiger partial charge in [-0.05, 0) is 40.2 Å². The van der Waals surface area contributed by atoms with E-state index in [1.807, 2.05) is 0 Å². The van der Waals surface area contributed by atoms with Crippen molar-refractivity contribution in [2.45, 2.75) is 11.5 Å². The van der Waals surface area contributed by atoms with E-state index in [1.54, 1.807) is 24.3 Å². The molecule has 21 heavy (non-hydrogen) atoms. The van der Waals surface area contributed by atoms with Crippen LogP contribution >= 0.6 is 15.9 Å². The van der Waals surface area contributed by atoms with Gasteiger partial charge in [-0.1, -0.05) is 18.2 Å². The zero-order chi connectivity index (χ0) is 15.5. The average Bonchev–Trinajstić information content (AvgIpc) is 2.40. The summed E-state index contributed by atoms with van der Waals surface area (Å²) >= 11 is 3.06. The Morgan fingerprint density at radius 3 is 2.62 bits per heavy atom. The van der Waals surface area contributed by atoms with E-state index in [-0.39, 0.29) is 16.0 Å². The van der Waals surface area contributed by atoms with Gasteiger partial charge < -0.3 is 4.74 Å². The summed E-state index contributed by atoms with van der Waals surface area (Å²) in [7, 11) is -2.29. The Morgan fingerprint density at radius 1 is 1.24 bits per heavy atom. The lowest BCUT2D eigenvalue weighted by atomic mass is 10.2. The van der Waals surface area contributed by atoms with Crippen LogP contribution in [0.5, 0.6) is 0 Å². The highest BCUT2D eigenvalue weighted by molar-refractivity contribution is 9.10. The van der Waals surface area contributed by atoms with Gasteiger partial charge in [0.15, 0.2) is 0 Å². The molecule has 0 saturated heterocycles. The quantitative estimate of drug-likeness (QED) is 0.871. The van der Waals surface area contributed by atoms with Crippen molar-refractivity contribution in [1.29, 1.82) is 0 Å². The number of methoxy groups -OCH3 is 1. The van der Waals surface area contributed by atoms with Crippen LogP contribution in [-0.4, -0.2) is 15.5 Å². The maximum atomic E-state index is 13.1. The summed E-state index contributed by atoms with van der Waals surface area (Å²) < 4.78 is 45.5. The fourth-order valence-corrected chi connectivity index (χ4v) is 3.95. The Kier molecular flexibility index (Phi) is 4.97. The van der Waals surface area contributed by atoms with Crippen molar-refractivity contribution in [1.82, 2.24) is 0 Å². The van der Waals surface area contributed by atoms with Crippen LogP contribution in [0.15, 0.2) is 51.8 Å². The molecule has 2 aromatic rings. The molecule has 0 aromatic heterocycles. The van der Waals surface area contributed by atoms with E-state index >= 15 is 0 Å². The molecule has 0 heterocycles. The second-order valence-corrected chi connectivity index (χ2v) is 6.78. The van der Waals surface area contributed by atoms with Gasteiger partial charge in [-0.15, -0.1) is 0 Å². The normalized spacial score (nSPS) is 11.4. The molecule has 0 bridgehead atoms. The third kappa shape index (κ3) is 3.81. The highest BCUT2D eigenvalue weighted by Crippen LogP contribution is 2.26. The number of ether oxygens (including phenoxy) is 1. The SMILES string of the molecule is COCc1ccccc1NS(=O)(=O)c1ccc(F)cc1Br. The first-order chi connectivity index (χ1) is 9.94. The maximum Gasteiger partial charge on any atom is 0.263 e. The molecule has 0 aliphatic carbocycles. The first-order valence-electron chi connectivity index (χ1n) is 5.99. The van der Waals surface area contributed by atoms with Gasteiger partial charge in [0.05, 0.1) is 12.3 Å². The molecule has 4 nitrogen and oxygen atoms in total. The van der Waals surface area contributed by atoms with Gasteiger partial charge in [-0.3, -0.25) is 4.72 Å². The fourth-order valence-electron chi connectivity index (χ4n) is 1.79. The van der Waals surface area contributed by atoms with Gasteiger partial charge in [-0.2, -0.15) is 0 Å². The second kappa shape index (κ2) is 6.55. The lowest BCUT2D eigenvalue weighted by Crippen LogP contribution is -2.15. The zero-order valence-electron chi connectivity index (χ0n) is 11.1. The third-order valence-electron chi connectivity index (χ3n) is 2.74. The molecule has 2 rings (SSSR count). The largest absolute Gasteiger partial charge is 0.380 e. The van der Waals surface area contributed by atoms with Crippen molar-refractivity contribution in [3.63, 3.8) is 0 Å². The molecule has 0 amide bonds. The smallest absolute Gasteiger partial charge is 0.263 e. The van der Waals surface area contributed by atoms with Crippen molar-refractivity contribution in [2.75, 3.05) is 11.8 Å². The summed E-state index contributed by atoms with van der Waals surface area (Å²) in [5.74, 6) is -0.513. The van der Waals surface area contributed by atoms with Crippen molar-refractivity contribution >= 4 is 31.6 Å². The minimum Gasteiger partial charge on any atom is -0.380 e. The number of nitrogens with one attached hydrogen (secondary N) is 1. The lowest BCUT2D eigenvalue weighted by Gasteiger charge is -2.13. The maximum absolute atomic E-state index is 13.1. The van der Waals surface area contributed by atoms with E-state index in [1.165, 1.54) is 13.2 Å². The third-order valence-corrected chi connectivity index (χ3v) is 5.09. The second-order valence-electron chi connectivity index (χ2n) is 4.27. The molecular weight excluding hydrogens is 361 g/mol. The minimum atomic E-state index is -3.82. The predicted molar refractivity (Wildman–Crippen MR) is 82.1 cm³/mol. The number of para-hydroxylation sites is 1. The van der Waals surface area contributed by atoms with Crippen LogP contribution in [0.2, 0.25) is 0 Å². The van der Waals surface area contributed by atoms with Crippen molar-refractivity contribution in [3.05, 3.63) is 58.3 Å². The molecule has 0 aliphatic heterocycles. The summed E-state index contributed by atoms with van der Waals surface area (Å²) in [5, 5.41) is 0. The Bertz CT molecular complexity index is 750. The van der Waals surface area contributed by atoms with Crippen LogP contribution in [0.4, 0.5) is 10.1 Å². The van der Waals surface area contributed by atoms with Gasteiger partial charge in [-0.25, -0.2) is 12.8 Å². The summed E-state index contributed by atoms with van der Waals surface area (Å²) in [6, 6.07) is 10.3. The van der Waals surface area contributed by atoms with E-state index in [9.17, 15) is 12.8 Å². The monoisotopic (exact) mass is 373 g/mol. The molecule has 7 heteroatoms. The number of anilines is 1. The number of rotatable bonds is 5. The standard InChI is InChI=1S/C14H13BrFNO3S/c1-20-9-10-4-2-3-5-13(10)17-21(18,19)14-7-6-11(16)8-12(14)15/h2-8,17H,9H2,1H3. The molecule has 0 fully saturated rings. The molecule has 0 aliphatic rings. The van der Waals surface area contributed by atoms with E-state index in [0.29, 0.717) is 11.3 Å². The van der Waals surface area contributed by atoms with E-state index in [0.717, 1.165) is 12.1 Å². The van der Waals surface area contributed by atoms with Gasteiger partial charge in [0.2, 0.25) is 0 Å². The lowest BCUT2D eigenvalue weighted by molar-refractivity contribution is 0.185. The molecule has 112 valence electrons. The molecule has 1 N–H and O–H groups in total. The Hall–Kier alpha value is -1.44. The Labute approximate surface area is 131 Å². The van der Waals surface area contributed by atoms with Crippen molar-refractivity contribution in [3.8, 4) is 0 Å². The molecule has 2 aromatic carbocycles.